The Morgan fingerprint density at radius 1 is 0.661 bits per heavy atom. The molecule has 0 aliphatic rings. The van der Waals surface area contributed by atoms with E-state index in [9.17, 15) is 24.2 Å². The van der Waals surface area contributed by atoms with E-state index in [1.807, 2.05) is 33.3 Å². The van der Waals surface area contributed by atoms with E-state index in [0.717, 1.165) is 32.1 Å². The van der Waals surface area contributed by atoms with Crippen LogP contribution in [0.15, 0.2) is 36.5 Å². The van der Waals surface area contributed by atoms with E-state index >= 15 is 0 Å². The van der Waals surface area contributed by atoms with Gasteiger partial charge in [0, 0.05) is 12.8 Å². The molecule has 0 spiro atoms. The van der Waals surface area contributed by atoms with Gasteiger partial charge in [0.25, 0.3) is 7.82 Å². The van der Waals surface area contributed by atoms with Crippen molar-refractivity contribution in [2.45, 2.75) is 193 Å². The summed E-state index contributed by atoms with van der Waals surface area (Å²) in [5.74, 6) is -1.03. The second kappa shape index (κ2) is 37.5. The first-order valence-corrected chi connectivity index (χ1v) is 23.8. The molecule has 328 valence electrons. The molecule has 0 amide bonds. The Morgan fingerprint density at radius 3 is 1.77 bits per heavy atom. The Balaban J connectivity index is 4.54. The number of phosphoric acid groups is 1. The molecule has 0 rings (SSSR count). The third-order valence-corrected chi connectivity index (χ3v) is 10.5. The Bertz CT molecular complexity index is 1070. The van der Waals surface area contributed by atoms with Crippen molar-refractivity contribution in [2.24, 2.45) is 0 Å². The summed E-state index contributed by atoms with van der Waals surface area (Å²) < 4.78 is 33.7. The molecule has 56 heavy (non-hydrogen) atoms. The standard InChI is InChI=1S/C45H84NO9P/c1-6-8-10-12-14-16-18-20-22-24-26-28-30-32-36-44(48)52-40-43(41-54-56(50,51)53-39-38-46(3,4)5)55-45(49)37-33-35-42(47)34-31-29-27-25-23-21-19-17-15-13-11-9-7-2/h21,23,27,29,31,34,42-43,47H,6-20,22,24-26,28,30,32-33,35-41H2,1-5H3/b23-21+,29-27+,34-31+/t42?,43-/m1/s1. The first kappa shape index (κ1) is 54.2. The molecule has 3 atom stereocenters. The largest absolute Gasteiger partial charge is 0.756 e. The number of phosphoric ester groups is 1. The zero-order valence-electron chi connectivity index (χ0n) is 36.4. The molecule has 0 bridgehead atoms. The van der Waals surface area contributed by atoms with Crippen molar-refractivity contribution in [1.82, 2.24) is 0 Å². The van der Waals surface area contributed by atoms with Crippen LogP contribution in [-0.4, -0.2) is 81.2 Å². The van der Waals surface area contributed by atoms with Crippen molar-refractivity contribution in [2.75, 3.05) is 47.5 Å². The predicted octanol–water partition coefficient (Wildman–Crippen LogP) is 10.9. The minimum atomic E-state index is -4.67. The van der Waals surface area contributed by atoms with Crippen molar-refractivity contribution >= 4 is 19.8 Å². The maximum Gasteiger partial charge on any atom is 0.306 e. The van der Waals surface area contributed by atoms with Gasteiger partial charge in [-0.3, -0.25) is 14.2 Å². The van der Waals surface area contributed by atoms with Crippen LogP contribution in [0.3, 0.4) is 0 Å². The average molecular weight is 814 g/mol. The van der Waals surface area contributed by atoms with Gasteiger partial charge in [0.15, 0.2) is 6.10 Å². The molecule has 0 aliphatic carbocycles. The molecule has 0 aromatic heterocycles. The SMILES string of the molecule is CCCCCCCC/C=C/C/C=C/C=C/C(O)CCCC(=O)O[C@H](COC(=O)CCCCCCCCCCCCCCCC)COP(=O)([O-])OCC[N+](C)(C)C. The lowest BCUT2D eigenvalue weighted by molar-refractivity contribution is -0.870. The van der Waals surface area contributed by atoms with E-state index in [-0.39, 0.29) is 26.1 Å². The maximum atomic E-state index is 12.7. The monoisotopic (exact) mass is 814 g/mol. The van der Waals surface area contributed by atoms with Gasteiger partial charge in [-0.1, -0.05) is 166 Å². The van der Waals surface area contributed by atoms with Gasteiger partial charge in [-0.2, -0.15) is 0 Å². The number of esters is 2. The number of hydrogen-bond acceptors (Lipinski definition) is 9. The van der Waals surface area contributed by atoms with Crippen molar-refractivity contribution in [3.8, 4) is 0 Å². The van der Waals surface area contributed by atoms with Crippen molar-refractivity contribution in [3.63, 3.8) is 0 Å². The summed E-state index contributed by atoms with van der Waals surface area (Å²) in [6.45, 7) is 4.00. The van der Waals surface area contributed by atoms with Crippen LogP contribution in [0.1, 0.15) is 181 Å². The average Bonchev–Trinajstić information content (AvgIpc) is 3.14. The number of nitrogens with zero attached hydrogens (tertiary/aromatic N) is 1. The molecule has 10 nitrogen and oxygen atoms in total. The van der Waals surface area contributed by atoms with Crippen molar-refractivity contribution in [3.05, 3.63) is 36.5 Å². The van der Waals surface area contributed by atoms with E-state index in [1.165, 1.54) is 103 Å². The highest BCUT2D eigenvalue weighted by molar-refractivity contribution is 7.45. The number of aliphatic hydroxyl groups excluding tert-OH is 1. The number of carbonyl (C=O) groups excluding carboxylic acids is 2. The number of allylic oxidation sites excluding steroid dienone is 5. The lowest BCUT2D eigenvalue weighted by Crippen LogP contribution is -2.37. The molecule has 0 aliphatic heterocycles. The Labute approximate surface area is 343 Å². The van der Waals surface area contributed by atoms with E-state index in [0.29, 0.717) is 30.3 Å². The number of quaternary nitrogens is 1. The molecular formula is C45H84NO9P. The van der Waals surface area contributed by atoms with Gasteiger partial charge < -0.3 is 33.0 Å². The molecule has 0 fully saturated rings. The van der Waals surface area contributed by atoms with Crippen molar-refractivity contribution in [1.29, 1.82) is 0 Å². The number of hydrogen-bond donors (Lipinski definition) is 1. The third kappa shape index (κ3) is 40.4. The highest BCUT2D eigenvalue weighted by Crippen LogP contribution is 2.38. The molecular weight excluding hydrogens is 729 g/mol. The number of rotatable bonds is 40. The van der Waals surface area contributed by atoms with E-state index < -0.39 is 38.6 Å². The lowest BCUT2D eigenvalue weighted by atomic mass is 10.0. The summed E-state index contributed by atoms with van der Waals surface area (Å²) in [7, 11) is 1.05. The smallest absolute Gasteiger partial charge is 0.306 e. The summed E-state index contributed by atoms with van der Waals surface area (Å²) in [5, 5.41) is 10.3. The number of carbonyl (C=O) groups is 2. The topological polar surface area (TPSA) is 131 Å². The van der Waals surface area contributed by atoms with Gasteiger partial charge in [0.05, 0.1) is 33.9 Å². The molecule has 0 saturated heterocycles. The minimum Gasteiger partial charge on any atom is -0.756 e. The fourth-order valence-electron chi connectivity index (χ4n) is 5.96. The maximum absolute atomic E-state index is 12.7. The van der Waals surface area contributed by atoms with Crippen molar-refractivity contribution < 1.29 is 47.2 Å². The Kier molecular flexibility index (Phi) is 36.2. The number of ether oxygens (including phenoxy) is 2. The highest BCUT2D eigenvalue weighted by Gasteiger charge is 2.22. The normalized spacial score (nSPS) is 14.5. The first-order chi connectivity index (χ1) is 26.9. The van der Waals surface area contributed by atoms with Crippen LogP contribution in [-0.2, 0) is 32.7 Å². The summed E-state index contributed by atoms with van der Waals surface area (Å²) in [6, 6.07) is 0. The van der Waals surface area contributed by atoms with E-state index in [1.54, 1.807) is 12.2 Å². The first-order valence-electron chi connectivity index (χ1n) is 22.3. The van der Waals surface area contributed by atoms with Gasteiger partial charge in [-0.15, -0.1) is 0 Å². The van der Waals surface area contributed by atoms with Gasteiger partial charge in [0.1, 0.15) is 19.8 Å². The number of unbranched alkanes of at least 4 members (excludes halogenated alkanes) is 19. The molecule has 0 aromatic carbocycles. The molecule has 0 saturated carbocycles. The van der Waals surface area contributed by atoms with Crippen LogP contribution in [0.25, 0.3) is 0 Å². The third-order valence-electron chi connectivity index (χ3n) is 9.52. The van der Waals surface area contributed by atoms with Crippen LogP contribution in [0.5, 0.6) is 0 Å². The van der Waals surface area contributed by atoms with Crippen LogP contribution >= 0.6 is 7.82 Å². The van der Waals surface area contributed by atoms with Crippen LogP contribution in [0.2, 0.25) is 0 Å². The van der Waals surface area contributed by atoms with E-state index in [2.05, 4.69) is 26.0 Å². The van der Waals surface area contributed by atoms with Gasteiger partial charge in [-0.25, -0.2) is 0 Å². The zero-order valence-corrected chi connectivity index (χ0v) is 37.3. The fraction of sp³-hybridized carbons (Fsp3) is 0.822. The van der Waals surface area contributed by atoms with Crippen LogP contribution in [0.4, 0.5) is 0 Å². The molecule has 0 aromatic rings. The Hall–Kier alpha value is -1.81. The molecule has 11 heteroatoms. The minimum absolute atomic E-state index is 0.00265. The fourth-order valence-corrected chi connectivity index (χ4v) is 6.69. The number of likely N-dealkylation sites (N-methyl/N-ethyl adjacent to an activating group) is 1. The molecule has 0 radical (unpaired) electrons. The molecule has 1 N–H and O–H groups in total. The van der Waals surface area contributed by atoms with Gasteiger partial charge in [0.2, 0.25) is 0 Å². The van der Waals surface area contributed by atoms with E-state index in [4.69, 9.17) is 18.5 Å². The quantitative estimate of drug-likeness (QED) is 0.0160. The Morgan fingerprint density at radius 2 is 1.20 bits per heavy atom. The lowest BCUT2D eigenvalue weighted by Gasteiger charge is -2.28. The number of aliphatic hydroxyl groups is 1. The van der Waals surface area contributed by atoms with Gasteiger partial charge in [-0.05, 0) is 38.5 Å². The summed E-state index contributed by atoms with van der Waals surface area (Å²) in [4.78, 5) is 37.5. The molecule has 2 unspecified atom stereocenters. The van der Waals surface area contributed by atoms with Crippen LogP contribution < -0.4 is 4.89 Å². The van der Waals surface area contributed by atoms with Crippen LogP contribution in [0, 0.1) is 0 Å². The summed E-state index contributed by atoms with van der Waals surface area (Å²) in [6.07, 6.45) is 37.7. The zero-order chi connectivity index (χ0) is 41.6. The summed E-state index contributed by atoms with van der Waals surface area (Å²) in [5.41, 5.74) is 0. The highest BCUT2D eigenvalue weighted by atomic mass is 31.2. The summed E-state index contributed by atoms with van der Waals surface area (Å²) >= 11 is 0. The van der Waals surface area contributed by atoms with Gasteiger partial charge >= 0.3 is 11.9 Å². The second-order valence-electron chi connectivity index (χ2n) is 16.3. The second-order valence-corrected chi connectivity index (χ2v) is 17.7. The molecule has 0 heterocycles. The predicted molar refractivity (Wildman–Crippen MR) is 228 cm³/mol.